The monoisotopic (exact) mass is 415 g/mol. The van der Waals surface area contributed by atoms with Crippen LogP contribution in [-0.4, -0.2) is 16.0 Å². The average Bonchev–Trinajstić information content (AvgIpc) is 3.23. The molecule has 1 amide bonds. The van der Waals surface area contributed by atoms with Crippen LogP contribution in [-0.2, 0) is 4.79 Å². The minimum Gasteiger partial charge on any atom is -0.401 e. The third-order valence-corrected chi connectivity index (χ3v) is 6.62. The number of allylic oxidation sites excluding steroid dienone is 2. The van der Waals surface area contributed by atoms with Crippen molar-refractivity contribution in [3.05, 3.63) is 58.6 Å². The fourth-order valence-electron chi connectivity index (χ4n) is 5.07. The highest BCUT2D eigenvalue weighted by molar-refractivity contribution is 5.98. The molecule has 0 radical (unpaired) electrons. The molecule has 2 bridgehead atoms. The molecule has 158 valence electrons. The maximum atomic E-state index is 14.2. The van der Waals surface area contributed by atoms with E-state index in [0.29, 0.717) is 29.9 Å². The highest BCUT2D eigenvalue weighted by Gasteiger charge is 2.66. The van der Waals surface area contributed by atoms with Crippen molar-refractivity contribution in [1.29, 1.82) is 0 Å². The summed E-state index contributed by atoms with van der Waals surface area (Å²) >= 11 is 0. The molecular weight excluding hydrogens is 392 g/mol. The average molecular weight is 415 g/mol. The fraction of sp³-hybridized carbons (Fsp3) is 0.381. The van der Waals surface area contributed by atoms with Crippen LogP contribution in [0, 0.1) is 35.3 Å². The Labute approximate surface area is 172 Å². The van der Waals surface area contributed by atoms with Gasteiger partial charge >= 0.3 is 6.01 Å². The first-order chi connectivity index (χ1) is 14.1. The maximum absolute atomic E-state index is 14.2. The first-order valence-corrected chi connectivity index (χ1v) is 9.63. The number of aromatic nitrogens is 2. The molecule has 9 heteroatoms. The van der Waals surface area contributed by atoms with Crippen molar-refractivity contribution >= 4 is 17.6 Å². The van der Waals surface area contributed by atoms with Gasteiger partial charge in [-0.05, 0) is 54.9 Å². The standard InChI is InChI=1S/C21H23F2N5O2/c1-10-26-19(30-28-10)27-18(29)21-8-7-12(20(21,2)3)11(17(21)25)9-15(24)16-13(22)5-4-6-14(16)23/h4-6,9,12H,7-8,24-25H2,1-3H3,(H,26,27,28,29)/b15-9-. The number of nitrogens with zero attached hydrogens (tertiary/aromatic N) is 2. The Hall–Kier alpha value is -3.23. The quantitative estimate of drug-likeness (QED) is 0.705. The van der Waals surface area contributed by atoms with Crippen LogP contribution >= 0.6 is 0 Å². The van der Waals surface area contributed by atoms with Crippen LogP contribution in [0.1, 0.15) is 38.1 Å². The van der Waals surface area contributed by atoms with Gasteiger partial charge in [-0.1, -0.05) is 25.1 Å². The van der Waals surface area contributed by atoms with Gasteiger partial charge in [0.15, 0.2) is 5.82 Å². The van der Waals surface area contributed by atoms with E-state index in [1.54, 1.807) is 6.92 Å². The van der Waals surface area contributed by atoms with Gasteiger partial charge in [0.25, 0.3) is 0 Å². The lowest BCUT2D eigenvalue weighted by Gasteiger charge is -2.37. The summed E-state index contributed by atoms with van der Waals surface area (Å²) in [5.41, 5.74) is 11.6. The van der Waals surface area contributed by atoms with Crippen LogP contribution in [0.15, 0.2) is 40.1 Å². The number of anilines is 1. The number of benzene rings is 1. The third kappa shape index (κ3) is 2.64. The second-order valence-corrected chi connectivity index (χ2v) is 8.38. The van der Waals surface area contributed by atoms with Crippen molar-refractivity contribution in [3.63, 3.8) is 0 Å². The summed E-state index contributed by atoms with van der Waals surface area (Å²) in [6, 6.07) is 3.55. The van der Waals surface area contributed by atoms with Crippen LogP contribution < -0.4 is 16.8 Å². The van der Waals surface area contributed by atoms with Crippen molar-refractivity contribution < 1.29 is 18.1 Å². The number of aryl methyl sites for hydroxylation is 1. The number of nitrogens with one attached hydrogen (secondary N) is 1. The summed E-state index contributed by atoms with van der Waals surface area (Å²) < 4.78 is 33.3. The molecule has 0 spiro atoms. The number of fused-ring (bicyclic) bond motifs is 2. The van der Waals surface area contributed by atoms with Gasteiger partial charge in [0.2, 0.25) is 5.91 Å². The molecule has 2 atom stereocenters. The number of rotatable bonds is 4. The van der Waals surface area contributed by atoms with E-state index in [4.69, 9.17) is 16.0 Å². The number of hydrogen-bond donors (Lipinski definition) is 3. The Balaban J connectivity index is 1.77. The van der Waals surface area contributed by atoms with Gasteiger partial charge in [-0.3, -0.25) is 10.1 Å². The normalized spacial score (nSPS) is 25.1. The summed E-state index contributed by atoms with van der Waals surface area (Å²) in [6.07, 6.45) is 2.71. The van der Waals surface area contributed by atoms with Gasteiger partial charge in [0, 0.05) is 11.4 Å². The lowest BCUT2D eigenvalue weighted by molar-refractivity contribution is -0.127. The molecule has 2 aromatic rings. The van der Waals surface area contributed by atoms with Crippen molar-refractivity contribution in [2.24, 2.45) is 28.2 Å². The zero-order chi connectivity index (χ0) is 21.8. The highest BCUT2D eigenvalue weighted by atomic mass is 19.1. The van der Waals surface area contributed by atoms with Crippen LogP contribution in [0.5, 0.6) is 0 Å². The van der Waals surface area contributed by atoms with Gasteiger partial charge in [0.05, 0.1) is 11.0 Å². The Morgan fingerprint density at radius 1 is 1.33 bits per heavy atom. The van der Waals surface area contributed by atoms with E-state index in [1.165, 1.54) is 12.1 Å². The van der Waals surface area contributed by atoms with E-state index in [2.05, 4.69) is 15.5 Å². The molecule has 1 heterocycles. The summed E-state index contributed by atoms with van der Waals surface area (Å²) in [7, 11) is 0. The molecule has 0 saturated heterocycles. The Morgan fingerprint density at radius 2 is 2.00 bits per heavy atom. The van der Waals surface area contributed by atoms with Crippen LogP contribution in [0.3, 0.4) is 0 Å². The van der Waals surface area contributed by atoms with Gasteiger partial charge < -0.3 is 16.0 Å². The molecule has 5 N–H and O–H groups in total. The summed E-state index contributed by atoms with van der Waals surface area (Å²) in [5, 5.41) is 6.34. The summed E-state index contributed by atoms with van der Waals surface area (Å²) in [5.74, 6) is -1.57. The highest BCUT2D eigenvalue weighted by Crippen LogP contribution is 2.67. The smallest absolute Gasteiger partial charge is 0.328 e. The first-order valence-electron chi connectivity index (χ1n) is 9.63. The number of carbonyl (C=O) groups excluding carboxylic acids is 1. The van der Waals surface area contributed by atoms with Crippen molar-refractivity contribution in [1.82, 2.24) is 10.1 Å². The molecule has 1 aromatic carbocycles. The molecule has 1 aromatic heterocycles. The van der Waals surface area contributed by atoms with Gasteiger partial charge in [-0.25, -0.2) is 8.78 Å². The van der Waals surface area contributed by atoms with E-state index < -0.39 is 22.5 Å². The van der Waals surface area contributed by atoms with E-state index in [-0.39, 0.29) is 29.1 Å². The molecule has 1 saturated carbocycles. The minimum atomic E-state index is -1.03. The molecule has 30 heavy (non-hydrogen) atoms. The zero-order valence-corrected chi connectivity index (χ0v) is 16.9. The topological polar surface area (TPSA) is 120 Å². The van der Waals surface area contributed by atoms with Gasteiger partial charge in [-0.2, -0.15) is 4.98 Å². The number of halogens is 2. The number of amides is 1. The lowest BCUT2D eigenvalue weighted by Crippen LogP contribution is -2.46. The molecule has 4 rings (SSSR count). The molecule has 7 nitrogen and oxygen atoms in total. The number of carbonyl (C=O) groups is 1. The summed E-state index contributed by atoms with van der Waals surface area (Å²) in [6.45, 7) is 5.55. The molecule has 2 aliphatic rings. The zero-order valence-electron chi connectivity index (χ0n) is 16.9. The molecular formula is C21H23F2N5O2. The molecule has 1 fully saturated rings. The number of nitrogens with two attached hydrogens (primary N) is 2. The van der Waals surface area contributed by atoms with Crippen LogP contribution in [0.2, 0.25) is 0 Å². The summed E-state index contributed by atoms with van der Waals surface area (Å²) in [4.78, 5) is 17.3. The third-order valence-electron chi connectivity index (χ3n) is 6.62. The largest absolute Gasteiger partial charge is 0.401 e. The van der Waals surface area contributed by atoms with Crippen LogP contribution in [0.4, 0.5) is 14.8 Å². The Kier molecular flexibility index (Phi) is 4.44. The second-order valence-electron chi connectivity index (χ2n) is 8.38. The van der Waals surface area contributed by atoms with Crippen molar-refractivity contribution in [2.75, 3.05) is 5.32 Å². The van der Waals surface area contributed by atoms with E-state index in [0.717, 1.165) is 12.1 Å². The van der Waals surface area contributed by atoms with E-state index in [9.17, 15) is 13.6 Å². The fourth-order valence-corrected chi connectivity index (χ4v) is 5.07. The molecule has 2 unspecified atom stereocenters. The van der Waals surface area contributed by atoms with Crippen LogP contribution in [0.25, 0.3) is 5.70 Å². The predicted octanol–water partition coefficient (Wildman–Crippen LogP) is 3.24. The molecule has 2 aliphatic carbocycles. The van der Waals surface area contributed by atoms with Gasteiger partial charge in [-0.15, -0.1) is 0 Å². The Morgan fingerprint density at radius 3 is 2.60 bits per heavy atom. The SMILES string of the molecule is Cc1noc(NC(=O)C23CCC(C(/C=C(\N)c4c(F)cccc4F)=C2N)C3(C)C)n1. The van der Waals surface area contributed by atoms with E-state index in [1.807, 2.05) is 13.8 Å². The maximum Gasteiger partial charge on any atom is 0.328 e. The minimum absolute atomic E-state index is 0.00383. The van der Waals surface area contributed by atoms with E-state index >= 15 is 0 Å². The predicted molar refractivity (Wildman–Crippen MR) is 106 cm³/mol. The second kappa shape index (κ2) is 6.65. The Bertz CT molecular complexity index is 1080. The molecule has 0 aliphatic heterocycles. The van der Waals surface area contributed by atoms with Gasteiger partial charge in [0.1, 0.15) is 11.6 Å². The lowest BCUT2D eigenvalue weighted by atomic mass is 9.67. The first kappa shape index (κ1) is 20.1. The van der Waals surface area contributed by atoms with Crippen molar-refractivity contribution in [2.45, 2.75) is 33.6 Å². The van der Waals surface area contributed by atoms with Crippen molar-refractivity contribution in [3.8, 4) is 0 Å². The number of hydrogen-bond acceptors (Lipinski definition) is 6.